The number of nitrogens with one attached hydrogen (secondary N) is 1. The van der Waals surface area contributed by atoms with Crippen molar-refractivity contribution in [2.75, 3.05) is 11.1 Å². The molecule has 0 radical (unpaired) electrons. The van der Waals surface area contributed by atoms with Gasteiger partial charge >= 0.3 is 6.18 Å². The molecule has 0 aliphatic heterocycles. The van der Waals surface area contributed by atoms with E-state index in [4.69, 9.17) is 16.0 Å². The van der Waals surface area contributed by atoms with E-state index >= 15 is 0 Å². The molecule has 0 atom stereocenters. The predicted octanol–water partition coefficient (Wildman–Crippen LogP) is 4.72. The van der Waals surface area contributed by atoms with Crippen molar-refractivity contribution in [2.45, 2.75) is 11.4 Å². The van der Waals surface area contributed by atoms with Crippen molar-refractivity contribution in [1.82, 2.24) is 25.0 Å². The van der Waals surface area contributed by atoms with E-state index in [0.29, 0.717) is 10.6 Å². The summed E-state index contributed by atoms with van der Waals surface area (Å²) in [5.41, 5.74) is -0.0894. The zero-order valence-electron chi connectivity index (χ0n) is 15.9. The van der Waals surface area contributed by atoms with Gasteiger partial charge in [0.2, 0.25) is 11.8 Å². The van der Waals surface area contributed by atoms with Crippen molar-refractivity contribution in [2.24, 2.45) is 0 Å². The van der Waals surface area contributed by atoms with Crippen molar-refractivity contribution < 1.29 is 22.4 Å². The van der Waals surface area contributed by atoms with E-state index in [1.807, 2.05) is 0 Å². The third-order valence-electron chi connectivity index (χ3n) is 4.09. The molecule has 4 rings (SSSR count). The first-order valence-corrected chi connectivity index (χ1v) is 10.2. The van der Waals surface area contributed by atoms with Crippen molar-refractivity contribution in [3.05, 3.63) is 65.7 Å². The maximum atomic E-state index is 13.1. The van der Waals surface area contributed by atoms with E-state index in [-0.39, 0.29) is 28.2 Å². The van der Waals surface area contributed by atoms with E-state index in [0.717, 1.165) is 23.9 Å². The van der Waals surface area contributed by atoms with Crippen LogP contribution in [0.2, 0.25) is 5.02 Å². The number of hydrogen-bond acceptors (Lipinski definition) is 7. The Hall–Kier alpha value is -3.38. The number of amides is 1. The summed E-state index contributed by atoms with van der Waals surface area (Å²) < 4.78 is 46.1. The third-order valence-corrected chi connectivity index (χ3v) is 5.16. The molecule has 0 saturated heterocycles. The smallest absolute Gasteiger partial charge is 0.411 e. The Labute approximate surface area is 187 Å². The van der Waals surface area contributed by atoms with Crippen molar-refractivity contribution >= 4 is 35.0 Å². The fourth-order valence-electron chi connectivity index (χ4n) is 2.64. The maximum absolute atomic E-state index is 13.1. The fraction of sp³-hybridized carbons (Fsp3) is 0.105. The van der Waals surface area contributed by atoms with Crippen molar-refractivity contribution in [3.63, 3.8) is 0 Å². The number of benzene rings is 2. The SMILES string of the molecule is O=C(CSc1nnc(-c2ccc(Cl)cc2)o1)Nc1cc(C(F)(F)F)ccc1-n1cncn1. The summed E-state index contributed by atoms with van der Waals surface area (Å²) in [6.45, 7) is 0. The van der Waals surface area contributed by atoms with Crippen molar-refractivity contribution in [3.8, 4) is 17.1 Å². The molecule has 2 aromatic carbocycles. The van der Waals surface area contributed by atoms with Gasteiger partial charge in [-0.05, 0) is 42.5 Å². The van der Waals surface area contributed by atoms with Crippen LogP contribution in [0.5, 0.6) is 0 Å². The van der Waals surface area contributed by atoms with E-state index in [1.54, 1.807) is 24.3 Å². The lowest BCUT2D eigenvalue weighted by Crippen LogP contribution is -2.17. The number of carbonyl (C=O) groups is 1. The van der Waals surface area contributed by atoms with E-state index < -0.39 is 17.6 Å². The van der Waals surface area contributed by atoms with Crippen LogP contribution in [0.3, 0.4) is 0 Å². The van der Waals surface area contributed by atoms with Crippen LogP contribution in [0.4, 0.5) is 18.9 Å². The second-order valence-electron chi connectivity index (χ2n) is 6.29. The largest absolute Gasteiger partial charge is 0.416 e. The number of hydrogen-bond donors (Lipinski definition) is 1. The zero-order valence-corrected chi connectivity index (χ0v) is 17.4. The lowest BCUT2D eigenvalue weighted by atomic mass is 10.1. The van der Waals surface area contributed by atoms with Gasteiger partial charge in [-0.3, -0.25) is 4.79 Å². The molecule has 0 fully saturated rings. The number of thioether (sulfide) groups is 1. The molecule has 0 aliphatic carbocycles. The number of rotatable bonds is 6. The first-order valence-electron chi connectivity index (χ1n) is 8.88. The maximum Gasteiger partial charge on any atom is 0.416 e. The highest BCUT2D eigenvalue weighted by Gasteiger charge is 2.31. The fourth-order valence-corrected chi connectivity index (χ4v) is 3.32. The molecular weight excluding hydrogens is 469 g/mol. The van der Waals surface area contributed by atoms with Crippen LogP contribution in [0.25, 0.3) is 17.1 Å². The summed E-state index contributed by atoms with van der Waals surface area (Å²) in [6, 6.07) is 9.69. The Balaban J connectivity index is 1.46. The number of nitrogens with zero attached hydrogens (tertiary/aromatic N) is 5. The summed E-state index contributed by atoms with van der Waals surface area (Å²) >= 11 is 6.79. The van der Waals surface area contributed by atoms with Crippen LogP contribution in [-0.4, -0.2) is 36.6 Å². The average molecular weight is 481 g/mol. The standard InChI is InChI=1S/C19H12ClF3N6O2S/c20-13-4-1-11(2-5-13)17-27-28-18(31-17)32-8-16(30)26-14-7-12(19(21,22)23)3-6-15(14)29-10-24-9-25-29/h1-7,9-10H,8H2,(H,26,30). The zero-order chi connectivity index (χ0) is 22.7. The summed E-state index contributed by atoms with van der Waals surface area (Å²) in [7, 11) is 0. The molecule has 13 heteroatoms. The van der Waals surface area contributed by atoms with Gasteiger partial charge in [-0.25, -0.2) is 9.67 Å². The number of aromatic nitrogens is 5. The molecular formula is C19H12ClF3N6O2S. The number of anilines is 1. The summed E-state index contributed by atoms with van der Waals surface area (Å²) in [5, 5.41) is 14.8. The van der Waals surface area contributed by atoms with Gasteiger partial charge in [-0.2, -0.15) is 18.3 Å². The first kappa shape index (κ1) is 21.8. The summed E-state index contributed by atoms with van der Waals surface area (Å²) in [5.74, 6) is -0.493. The predicted molar refractivity (Wildman–Crippen MR) is 110 cm³/mol. The van der Waals surface area contributed by atoms with Crippen LogP contribution in [-0.2, 0) is 11.0 Å². The van der Waals surface area contributed by atoms with Gasteiger partial charge in [0.05, 0.1) is 22.7 Å². The normalized spacial score (nSPS) is 11.5. The van der Waals surface area contributed by atoms with Gasteiger partial charge in [0.15, 0.2) is 0 Å². The van der Waals surface area contributed by atoms with Crippen molar-refractivity contribution in [1.29, 1.82) is 0 Å². The molecule has 0 spiro atoms. The molecule has 8 nitrogen and oxygen atoms in total. The average Bonchev–Trinajstić information content (AvgIpc) is 3.44. The summed E-state index contributed by atoms with van der Waals surface area (Å²) in [4.78, 5) is 16.2. The highest BCUT2D eigenvalue weighted by molar-refractivity contribution is 7.99. The molecule has 32 heavy (non-hydrogen) atoms. The topological polar surface area (TPSA) is 98.7 Å². The Morgan fingerprint density at radius 2 is 1.94 bits per heavy atom. The molecule has 2 heterocycles. The first-order chi connectivity index (χ1) is 15.3. The van der Waals surface area contributed by atoms with E-state index in [1.165, 1.54) is 23.4 Å². The minimum atomic E-state index is -4.57. The van der Waals surface area contributed by atoms with Gasteiger partial charge in [-0.1, -0.05) is 23.4 Å². The molecule has 0 unspecified atom stereocenters. The highest BCUT2D eigenvalue weighted by atomic mass is 35.5. The Kier molecular flexibility index (Phi) is 6.15. The minimum Gasteiger partial charge on any atom is -0.411 e. The lowest BCUT2D eigenvalue weighted by Gasteiger charge is -2.14. The molecule has 1 amide bonds. The molecule has 4 aromatic rings. The Morgan fingerprint density at radius 3 is 2.62 bits per heavy atom. The van der Waals surface area contributed by atoms with Crippen LogP contribution in [0.1, 0.15) is 5.56 Å². The number of halogens is 4. The Morgan fingerprint density at radius 1 is 1.16 bits per heavy atom. The number of carbonyl (C=O) groups excluding carboxylic acids is 1. The van der Waals surface area contributed by atoms with Gasteiger partial charge in [0.1, 0.15) is 12.7 Å². The molecule has 2 aromatic heterocycles. The summed E-state index contributed by atoms with van der Waals surface area (Å²) in [6.07, 6.45) is -2.03. The molecule has 164 valence electrons. The van der Waals surface area contributed by atoms with Crippen LogP contribution in [0.15, 0.2) is 64.8 Å². The molecule has 0 bridgehead atoms. The van der Waals surface area contributed by atoms with Gasteiger partial charge in [-0.15, -0.1) is 10.2 Å². The van der Waals surface area contributed by atoms with E-state index in [9.17, 15) is 18.0 Å². The van der Waals surface area contributed by atoms with Gasteiger partial charge < -0.3 is 9.73 Å². The number of alkyl halides is 3. The lowest BCUT2D eigenvalue weighted by molar-refractivity contribution is -0.137. The quantitative estimate of drug-likeness (QED) is 0.399. The van der Waals surface area contributed by atoms with Crippen LogP contribution < -0.4 is 5.32 Å². The highest BCUT2D eigenvalue weighted by Crippen LogP contribution is 2.33. The monoisotopic (exact) mass is 480 g/mol. The minimum absolute atomic E-state index is 0.0664. The third kappa shape index (κ3) is 5.08. The van der Waals surface area contributed by atoms with Gasteiger partial charge in [0.25, 0.3) is 5.22 Å². The second kappa shape index (κ2) is 9.01. The molecule has 0 aliphatic rings. The molecule has 0 saturated carbocycles. The Bertz CT molecular complexity index is 1230. The molecule has 1 N–H and O–H groups in total. The van der Waals surface area contributed by atoms with Crippen LogP contribution in [0, 0.1) is 0 Å². The second-order valence-corrected chi connectivity index (χ2v) is 7.65. The van der Waals surface area contributed by atoms with E-state index in [2.05, 4.69) is 25.6 Å². The van der Waals surface area contributed by atoms with Gasteiger partial charge in [0, 0.05) is 10.6 Å². The van der Waals surface area contributed by atoms with Crippen LogP contribution >= 0.6 is 23.4 Å².